The van der Waals surface area contributed by atoms with E-state index < -0.39 is 5.54 Å². The first kappa shape index (κ1) is 14.3. The lowest BCUT2D eigenvalue weighted by Crippen LogP contribution is -2.46. The highest BCUT2D eigenvalue weighted by atomic mass is 32.2. The SMILES string of the molecule is O=C1N[C@@]2(CCSC2)C(=O)N1Cc1ncc(-c2ccccc2)o1. The molecule has 118 valence electrons. The minimum absolute atomic E-state index is 0.0594. The van der Waals surface area contributed by atoms with E-state index in [1.807, 2.05) is 30.3 Å². The van der Waals surface area contributed by atoms with E-state index in [1.165, 1.54) is 4.90 Å². The second-order valence-electron chi connectivity index (χ2n) is 5.69. The number of benzene rings is 1. The maximum Gasteiger partial charge on any atom is 0.325 e. The summed E-state index contributed by atoms with van der Waals surface area (Å²) < 4.78 is 5.69. The normalized spacial score (nSPS) is 23.7. The summed E-state index contributed by atoms with van der Waals surface area (Å²) in [5.41, 5.74) is 0.184. The lowest BCUT2D eigenvalue weighted by molar-refractivity contribution is -0.131. The fraction of sp³-hybridized carbons (Fsp3) is 0.312. The standard InChI is InChI=1S/C16H15N3O3S/c20-14-16(6-7-23-10-16)18-15(21)19(14)9-13-17-8-12(22-13)11-4-2-1-3-5-11/h1-5,8H,6-7,9-10H2,(H,18,21)/t16-/m1/s1. The highest BCUT2D eigenvalue weighted by Gasteiger charge is 2.53. The van der Waals surface area contributed by atoms with Gasteiger partial charge in [0.05, 0.1) is 6.20 Å². The zero-order valence-electron chi connectivity index (χ0n) is 12.3. The topological polar surface area (TPSA) is 75.4 Å². The number of hydrogen-bond donors (Lipinski definition) is 1. The summed E-state index contributed by atoms with van der Waals surface area (Å²) in [4.78, 5) is 30.1. The molecular weight excluding hydrogens is 314 g/mol. The van der Waals surface area contributed by atoms with E-state index in [9.17, 15) is 9.59 Å². The van der Waals surface area contributed by atoms with E-state index in [2.05, 4.69) is 10.3 Å². The Labute approximate surface area is 137 Å². The van der Waals surface area contributed by atoms with Gasteiger partial charge in [0.1, 0.15) is 12.1 Å². The van der Waals surface area contributed by atoms with Crippen LogP contribution in [0.2, 0.25) is 0 Å². The summed E-state index contributed by atoms with van der Waals surface area (Å²) in [5.74, 6) is 2.33. The third kappa shape index (κ3) is 2.41. The smallest absolute Gasteiger partial charge is 0.325 e. The van der Waals surface area contributed by atoms with E-state index in [0.29, 0.717) is 23.8 Å². The van der Waals surface area contributed by atoms with Gasteiger partial charge in [-0.3, -0.25) is 9.69 Å². The van der Waals surface area contributed by atoms with Crippen molar-refractivity contribution in [2.24, 2.45) is 0 Å². The van der Waals surface area contributed by atoms with E-state index >= 15 is 0 Å². The lowest BCUT2D eigenvalue weighted by Gasteiger charge is -2.18. The number of nitrogens with one attached hydrogen (secondary N) is 1. The van der Waals surface area contributed by atoms with Crippen LogP contribution in [0.5, 0.6) is 0 Å². The van der Waals surface area contributed by atoms with Gasteiger partial charge < -0.3 is 9.73 Å². The van der Waals surface area contributed by atoms with Crippen LogP contribution in [0.4, 0.5) is 4.79 Å². The first-order chi connectivity index (χ1) is 11.2. The quantitative estimate of drug-likeness (QED) is 0.874. The van der Waals surface area contributed by atoms with Crippen molar-refractivity contribution in [3.8, 4) is 11.3 Å². The van der Waals surface area contributed by atoms with Crippen LogP contribution in [0.25, 0.3) is 11.3 Å². The number of amides is 3. The summed E-state index contributed by atoms with van der Waals surface area (Å²) in [6.07, 6.45) is 2.30. The molecule has 0 aliphatic carbocycles. The molecule has 23 heavy (non-hydrogen) atoms. The van der Waals surface area contributed by atoms with E-state index in [0.717, 1.165) is 11.3 Å². The van der Waals surface area contributed by atoms with Crippen molar-refractivity contribution in [1.82, 2.24) is 15.2 Å². The molecule has 6 nitrogen and oxygen atoms in total. The highest BCUT2D eigenvalue weighted by molar-refractivity contribution is 7.99. The average Bonchev–Trinajstić information content (AvgIpc) is 3.27. The van der Waals surface area contributed by atoms with E-state index in [4.69, 9.17) is 4.42 Å². The molecule has 0 unspecified atom stereocenters. The Kier molecular flexibility index (Phi) is 3.37. The van der Waals surface area contributed by atoms with Gasteiger partial charge in [-0.05, 0) is 12.2 Å². The number of aromatic nitrogens is 1. The second-order valence-corrected chi connectivity index (χ2v) is 6.80. The molecule has 1 aromatic carbocycles. The van der Waals surface area contributed by atoms with Gasteiger partial charge in [0, 0.05) is 11.3 Å². The van der Waals surface area contributed by atoms with Gasteiger partial charge in [-0.2, -0.15) is 11.8 Å². The molecule has 0 bridgehead atoms. The summed E-state index contributed by atoms with van der Waals surface area (Å²) in [5, 5.41) is 2.83. The Morgan fingerprint density at radius 3 is 2.87 bits per heavy atom. The van der Waals surface area contributed by atoms with Crippen molar-refractivity contribution < 1.29 is 14.0 Å². The molecule has 2 aromatic rings. The molecule has 0 saturated carbocycles. The van der Waals surface area contributed by atoms with Crippen molar-refractivity contribution in [2.75, 3.05) is 11.5 Å². The number of hydrogen-bond acceptors (Lipinski definition) is 5. The molecule has 2 aliphatic rings. The molecule has 2 fully saturated rings. The van der Waals surface area contributed by atoms with Crippen LogP contribution < -0.4 is 5.32 Å². The first-order valence-electron chi connectivity index (χ1n) is 7.40. The van der Waals surface area contributed by atoms with Crippen molar-refractivity contribution in [1.29, 1.82) is 0 Å². The Morgan fingerprint density at radius 1 is 1.30 bits per heavy atom. The van der Waals surface area contributed by atoms with E-state index in [-0.39, 0.29) is 18.5 Å². The van der Waals surface area contributed by atoms with Crippen LogP contribution in [0.1, 0.15) is 12.3 Å². The minimum Gasteiger partial charge on any atom is -0.439 e. The van der Waals surface area contributed by atoms with Crippen LogP contribution in [0.15, 0.2) is 40.9 Å². The lowest BCUT2D eigenvalue weighted by atomic mass is 9.99. The predicted octanol–water partition coefficient (Wildman–Crippen LogP) is 2.27. The van der Waals surface area contributed by atoms with Gasteiger partial charge in [0.25, 0.3) is 5.91 Å². The maximum absolute atomic E-state index is 12.6. The number of oxazole rings is 1. The molecular formula is C16H15N3O3S. The highest BCUT2D eigenvalue weighted by Crippen LogP contribution is 2.34. The fourth-order valence-electron chi connectivity index (χ4n) is 2.91. The summed E-state index contributed by atoms with van der Waals surface area (Å²) in [6, 6.07) is 9.22. The zero-order valence-corrected chi connectivity index (χ0v) is 13.1. The summed E-state index contributed by atoms with van der Waals surface area (Å²) in [6.45, 7) is 0.0594. The maximum atomic E-state index is 12.6. The molecule has 1 spiro atoms. The van der Waals surface area contributed by atoms with Gasteiger partial charge in [-0.25, -0.2) is 9.78 Å². The Balaban J connectivity index is 1.54. The zero-order chi connectivity index (χ0) is 15.9. The number of carbonyl (C=O) groups is 2. The van der Waals surface area contributed by atoms with Crippen LogP contribution in [-0.4, -0.2) is 38.9 Å². The second kappa shape index (κ2) is 5.42. The van der Waals surface area contributed by atoms with Crippen LogP contribution in [0.3, 0.4) is 0 Å². The number of thioether (sulfide) groups is 1. The Bertz CT molecular complexity index is 753. The molecule has 1 atom stereocenters. The third-order valence-corrected chi connectivity index (χ3v) is 5.36. The molecule has 1 aromatic heterocycles. The van der Waals surface area contributed by atoms with Gasteiger partial charge in [-0.1, -0.05) is 30.3 Å². The van der Waals surface area contributed by atoms with Crippen molar-refractivity contribution in [2.45, 2.75) is 18.5 Å². The third-order valence-electron chi connectivity index (χ3n) is 4.17. The van der Waals surface area contributed by atoms with Crippen molar-refractivity contribution >= 4 is 23.7 Å². The molecule has 3 heterocycles. The average molecular weight is 329 g/mol. The van der Waals surface area contributed by atoms with Gasteiger partial charge in [0.2, 0.25) is 5.89 Å². The van der Waals surface area contributed by atoms with Crippen molar-refractivity contribution in [3.63, 3.8) is 0 Å². The summed E-state index contributed by atoms with van der Waals surface area (Å²) >= 11 is 1.68. The number of rotatable bonds is 3. The van der Waals surface area contributed by atoms with Gasteiger partial charge in [-0.15, -0.1) is 0 Å². The first-order valence-corrected chi connectivity index (χ1v) is 8.55. The fourth-order valence-corrected chi connectivity index (χ4v) is 4.23. The Morgan fingerprint density at radius 2 is 2.13 bits per heavy atom. The van der Waals surface area contributed by atoms with E-state index in [1.54, 1.807) is 18.0 Å². The monoisotopic (exact) mass is 329 g/mol. The molecule has 2 saturated heterocycles. The molecule has 0 radical (unpaired) electrons. The number of nitrogens with zero attached hydrogens (tertiary/aromatic N) is 2. The molecule has 4 rings (SSSR count). The largest absolute Gasteiger partial charge is 0.439 e. The summed E-state index contributed by atoms with van der Waals surface area (Å²) in [7, 11) is 0. The van der Waals surface area contributed by atoms with Crippen LogP contribution >= 0.6 is 11.8 Å². The molecule has 3 amide bonds. The number of carbonyl (C=O) groups excluding carboxylic acids is 2. The van der Waals surface area contributed by atoms with Crippen molar-refractivity contribution in [3.05, 3.63) is 42.4 Å². The Hall–Kier alpha value is -2.28. The van der Waals surface area contributed by atoms with Gasteiger partial charge in [0.15, 0.2) is 5.76 Å². The molecule has 7 heteroatoms. The van der Waals surface area contributed by atoms with Crippen LogP contribution in [-0.2, 0) is 11.3 Å². The predicted molar refractivity (Wildman–Crippen MR) is 85.7 cm³/mol. The minimum atomic E-state index is -0.726. The molecule has 2 aliphatic heterocycles. The number of urea groups is 1. The van der Waals surface area contributed by atoms with Crippen LogP contribution in [0, 0.1) is 0 Å². The van der Waals surface area contributed by atoms with Gasteiger partial charge >= 0.3 is 6.03 Å². The molecule has 1 N–H and O–H groups in total. The number of imide groups is 1.